The number of nitrogens with two attached hydrogens (primary N) is 1. The highest BCUT2D eigenvalue weighted by atomic mass is 127. The van der Waals surface area contributed by atoms with Crippen molar-refractivity contribution in [3.63, 3.8) is 0 Å². The number of nitrogens with zero attached hydrogens (tertiary/aromatic N) is 1. The van der Waals surface area contributed by atoms with Crippen molar-refractivity contribution >= 4 is 35.8 Å². The third kappa shape index (κ3) is 6.76. The summed E-state index contributed by atoms with van der Waals surface area (Å²) in [6.07, 6.45) is 7.51. The monoisotopic (exact) mass is 430 g/mol. The molecule has 0 unspecified atom stereocenters. The number of hydrogen-bond acceptors (Lipinski definition) is 2. The van der Waals surface area contributed by atoms with Crippen LogP contribution in [-0.2, 0) is 6.54 Å². The third-order valence-corrected chi connectivity index (χ3v) is 4.06. The molecule has 6 heteroatoms. The number of guanidine groups is 1. The molecule has 0 heterocycles. The summed E-state index contributed by atoms with van der Waals surface area (Å²) in [6, 6.07) is 7.91. The molecule has 23 heavy (non-hydrogen) atoms. The summed E-state index contributed by atoms with van der Waals surface area (Å²) in [5, 5.41) is 5.95. The fourth-order valence-electron chi connectivity index (χ4n) is 2.81. The molecule has 1 aliphatic rings. The second-order valence-corrected chi connectivity index (χ2v) is 5.81. The molecule has 0 radical (unpaired) electrons. The normalized spacial score (nSPS) is 16.1. The summed E-state index contributed by atoms with van der Waals surface area (Å²) in [6.45, 7) is 0.483. The van der Waals surface area contributed by atoms with E-state index >= 15 is 0 Å². The highest BCUT2D eigenvalue weighted by Gasteiger charge is 2.12. The molecule has 1 saturated carbocycles. The van der Waals surface area contributed by atoms with Crippen molar-refractivity contribution in [3.8, 4) is 0 Å². The molecule has 128 valence electrons. The van der Waals surface area contributed by atoms with Crippen LogP contribution < -0.4 is 16.4 Å². The summed E-state index contributed by atoms with van der Waals surface area (Å²) in [5.41, 5.74) is 7.61. The van der Waals surface area contributed by atoms with Crippen LogP contribution in [0.5, 0.6) is 0 Å². The van der Waals surface area contributed by atoms with Gasteiger partial charge in [0, 0.05) is 18.7 Å². The Hall–Kier alpha value is -1.31. The maximum absolute atomic E-state index is 11.6. The van der Waals surface area contributed by atoms with Crippen LogP contribution in [0.25, 0.3) is 0 Å². The number of aliphatic imine (C=N–C) groups is 1. The molecule has 1 fully saturated rings. The summed E-state index contributed by atoms with van der Waals surface area (Å²) < 4.78 is 0. The van der Waals surface area contributed by atoms with E-state index in [9.17, 15) is 4.79 Å². The van der Waals surface area contributed by atoms with E-state index in [-0.39, 0.29) is 29.9 Å². The van der Waals surface area contributed by atoms with Gasteiger partial charge in [0.15, 0.2) is 5.96 Å². The summed E-state index contributed by atoms with van der Waals surface area (Å²) in [5.74, 6) is 0.410. The van der Waals surface area contributed by atoms with Crippen LogP contribution in [-0.4, -0.2) is 25.0 Å². The lowest BCUT2D eigenvalue weighted by molar-refractivity contribution is 0.0963. The molecule has 1 amide bonds. The van der Waals surface area contributed by atoms with Crippen molar-refractivity contribution in [2.24, 2.45) is 10.7 Å². The standard InChI is InChI=1S/C17H26N4O.HI/c1-19-16(22)14-8-6-7-13(11-14)12-20-17(18)21-15-9-4-2-3-5-10-15;/h6-8,11,15H,2-5,9-10,12H2,1H3,(H,19,22)(H3,18,20,21);1H. The average molecular weight is 430 g/mol. The van der Waals surface area contributed by atoms with Gasteiger partial charge in [-0.1, -0.05) is 37.8 Å². The minimum absolute atomic E-state index is 0. The Morgan fingerprint density at radius 3 is 2.61 bits per heavy atom. The van der Waals surface area contributed by atoms with Crippen molar-refractivity contribution in [3.05, 3.63) is 35.4 Å². The van der Waals surface area contributed by atoms with E-state index in [1.807, 2.05) is 18.2 Å². The smallest absolute Gasteiger partial charge is 0.251 e. The second-order valence-electron chi connectivity index (χ2n) is 5.81. The zero-order chi connectivity index (χ0) is 15.8. The second kappa shape index (κ2) is 10.5. The Bertz CT molecular complexity index is 525. The molecular weight excluding hydrogens is 403 g/mol. The molecule has 5 nitrogen and oxygen atoms in total. The highest BCUT2D eigenvalue weighted by Crippen LogP contribution is 2.17. The molecule has 0 aromatic heterocycles. The lowest BCUT2D eigenvalue weighted by Gasteiger charge is -2.16. The maximum Gasteiger partial charge on any atom is 0.251 e. The molecule has 1 aliphatic carbocycles. The molecular formula is C17H27IN4O. The summed E-state index contributed by atoms with van der Waals surface area (Å²) >= 11 is 0. The van der Waals surface area contributed by atoms with Crippen LogP contribution in [0.1, 0.15) is 54.4 Å². The first-order chi connectivity index (χ1) is 10.7. The fraction of sp³-hybridized carbons (Fsp3) is 0.529. The Morgan fingerprint density at radius 1 is 1.26 bits per heavy atom. The molecule has 0 atom stereocenters. The quantitative estimate of drug-likeness (QED) is 0.298. The number of carbonyl (C=O) groups excluding carboxylic acids is 1. The SMILES string of the molecule is CNC(=O)c1cccc(CN=C(N)NC2CCCCCC2)c1.I. The van der Waals surface area contributed by atoms with Crippen molar-refractivity contribution < 1.29 is 4.79 Å². The van der Waals surface area contributed by atoms with Gasteiger partial charge < -0.3 is 16.4 Å². The molecule has 0 saturated heterocycles. The molecule has 0 spiro atoms. The highest BCUT2D eigenvalue weighted by molar-refractivity contribution is 14.0. The van der Waals surface area contributed by atoms with Crippen LogP contribution in [0.15, 0.2) is 29.3 Å². The number of carbonyl (C=O) groups is 1. The molecule has 4 N–H and O–H groups in total. The van der Waals surface area contributed by atoms with Crippen molar-refractivity contribution in [1.29, 1.82) is 0 Å². The molecule has 1 aromatic rings. The maximum atomic E-state index is 11.6. The minimum atomic E-state index is -0.0876. The van der Waals surface area contributed by atoms with Crippen LogP contribution in [0.3, 0.4) is 0 Å². The Morgan fingerprint density at radius 2 is 1.96 bits per heavy atom. The predicted octanol–water partition coefficient (Wildman–Crippen LogP) is 2.79. The van der Waals surface area contributed by atoms with Gasteiger partial charge in [0.2, 0.25) is 0 Å². The zero-order valence-corrected chi connectivity index (χ0v) is 16.0. The third-order valence-electron chi connectivity index (χ3n) is 4.06. The Labute approximate surface area is 155 Å². The van der Waals surface area contributed by atoms with Gasteiger partial charge in [-0.2, -0.15) is 0 Å². The molecule has 0 aliphatic heterocycles. The number of halogens is 1. The first-order valence-corrected chi connectivity index (χ1v) is 8.06. The van der Waals surface area contributed by atoms with E-state index in [1.165, 1.54) is 38.5 Å². The van der Waals surface area contributed by atoms with Crippen LogP contribution in [0.2, 0.25) is 0 Å². The van der Waals surface area contributed by atoms with E-state index in [0.29, 0.717) is 24.1 Å². The molecule has 2 rings (SSSR count). The Balaban J connectivity index is 0.00000264. The number of amides is 1. The predicted molar refractivity (Wildman–Crippen MR) is 105 cm³/mol. The van der Waals surface area contributed by atoms with Crippen LogP contribution in [0, 0.1) is 0 Å². The van der Waals surface area contributed by atoms with E-state index in [4.69, 9.17) is 5.73 Å². The van der Waals surface area contributed by atoms with Crippen molar-refractivity contribution in [1.82, 2.24) is 10.6 Å². The van der Waals surface area contributed by atoms with Gasteiger partial charge in [0.05, 0.1) is 6.54 Å². The van der Waals surface area contributed by atoms with Gasteiger partial charge >= 0.3 is 0 Å². The van der Waals surface area contributed by atoms with Gasteiger partial charge in [-0.25, -0.2) is 4.99 Å². The lowest BCUT2D eigenvalue weighted by Crippen LogP contribution is -2.39. The number of benzene rings is 1. The van der Waals surface area contributed by atoms with E-state index < -0.39 is 0 Å². The van der Waals surface area contributed by atoms with Crippen molar-refractivity contribution in [2.75, 3.05) is 7.05 Å². The fourth-order valence-corrected chi connectivity index (χ4v) is 2.81. The summed E-state index contributed by atoms with van der Waals surface area (Å²) in [4.78, 5) is 16.0. The number of nitrogens with one attached hydrogen (secondary N) is 2. The first kappa shape index (κ1) is 19.7. The lowest BCUT2D eigenvalue weighted by atomic mass is 10.1. The number of hydrogen-bond donors (Lipinski definition) is 3. The number of rotatable bonds is 4. The van der Waals surface area contributed by atoms with Gasteiger partial charge in [0.1, 0.15) is 0 Å². The van der Waals surface area contributed by atoms with Gasteiger partial charge in [-0.15, -0.1) is 24.0 Å². The first-order valence-electron chi connectivity index (χ1n) is 8.06. The van der Waals surface area contributed by atoms with Gasteiger partial charge in [0.25, 0.3) is 5.91 Å². The molecule has 1 aromatic carbocycles. The van der Waals surface area contributed by atoms with Gasteiger partial charge in [-0.05, 0) is 30.5 Å². The molecule has 0 bridgehead atoms. The van der Waals surface area contributed by atoms with E-state index in [2.05, 4.69) is 15.6 Å². The average Bonchev–Trinajstić information content (AvgIpc) is 2.81. The largest absolute Gasteiger partial charge is 0.370 e. The summed E-state index contributed by atoms with van der Waals surface area (Å²) in [7, 11) is 1.63. The van der Waals surface area contributed by atoms with Crippen molar-refractivity contribution in [2.45, 2.75) is 51.1 Å². The zero-order valence-electron chi connectivity index (χ0n) is 13.7. The van der Waals surface area contributed by atoms with Crippen LogP contribution in [0.4, 0.5) is 0 Å². The van der Waals surface area contributed by atoms with Gasteiger partial charge in [-0.3, -0.25) is 4.79 Å². The minimum Gasteiger partial charge on any atom is -0.370 e. The topological polar surface area (TPSA) is 79.5 Å². The van der Waals surface area contributed by atoms with Crippen LogP contribution >= 0.6 is 24.0 Å². The Kier molecular flexibility index (Phi) is 8.98. The van der Waals surface area contributed by atoms with E-state index in [1.54, 1.807) is 13.1 Å². The van der Waals surface area contributed by atoms with E-state index in [0.717, 1.165) is 5.56 Å².